The SMILES string of the molecule is CC(C)(C)OC(=O)N1CC[C@H](Oc2cnc(I)nc2)C1. The maximum Gasteiger partial charge on any atom is 0.410 e. The lowest BCUT2D eigenvalue weighted by Crippen LogP contribution is -2.36. The summed E-state index contributed by atoms with van der Waals surface area (Å²) < 4.78 is 11.8. The largest absolute Gasteiger partial charge is 0.485 e. The highest BCUT2D eigenvalue weighted by molar-refractivity contribution is 14.1. The lowest BCUT2D eigenvalue weighted by Gasteiger charge is -2.24. The number of rotatable bonds is 2. The van der Waals surface area contributed by atoms with Crippen LogP contribution in [0.15, 0.2) is 12.4 Å². The molecule has 1 saturated heterocycles. The molecule has 0 aromatic carbocycles. The van der Waals surface area contributed by atoms with Gasteiger partial charge >= 0.3 is 6.09 Å². The third-order valence-corrected chi connectivity index (χ3v) is 3.25. The van der Waals surface area contributed by atoms with Crippen LogP contribution in [0.3, 0.4) is 0 Å². The van der Waals surface area contributed by atoms with Crippen LogP contribution < -0.4 is 4.74 Å². The van der Waals surface area contributed by atoms with Crippen molar-refractivity contribution in [2.75, 3.05) is 13.1 Å². The van der Waals surface area contributed by atoms with E-state index in [0.717, 1.165) is 6.42 Å². The summed E-state index contributed by atoms with van der Waals surface area (Å²) >= 11 is 2.04. The van der Waals surface area contributed by atoms with Gasteiger partial charge in [0.1, 0.15) is 11.7 Å². The number of halogens is 1. The number of likely N-dealkylation sites (tertiary alicyclic amines) is 1. The molecule has 0 saturated carbocycles. The van der Waals surface area contributed by atoms with Gasteiger partial charge in [0.05, 0.1) is 18.9 Å². The Morgan fingerprint density at radius 1 is 1.40 bits per heavy atom. The molecule has 0 bridgehead atoms. The van der Waals surface area contributed by atoms with Crippen molar-refractivity contribution in [3.63, 3.8) is 0 Å². The van der Waals surface area contributed by atoms with Gasteiger partial charge in [-0.1, -0.05) is 0 Å². The second-order valence-corrected chi connectivity index (χ2v) is 6.61. The number of amides is 1. The predicted molar refractivity (Wildman–Crippen MR) is 81.6 cm³/mol. The summed E-state index contributed by atoms with van der Waals surface area (Å²) in [6.07, 6.45) is 3.75. The van der Waals surface area contributed by atoms with Crippen LogP contribution in [0.25, 0.3) is 0 Å². The lowest BCUT2D eigenvalue weighted by atomic mass is 10.2. The third kappa shape index (κ3) is 4.46. The van der Waals surface area contributed by atoms with E-state index in [4.69, 9.17) is 9.47 Å². The van der Waals surface area contributed by atoms with Gasteiger partial charge in [-0.05, 0) is 20.8 Å². The Labute approximate surface area is 132 Å². The van der Waals surface area contributed by atoms with Gasteiger partial charge < -0.3 is 14.4 Å². The highest BCUT2D eigenvalue weighted by Crippen LogP contribution is 2.19. The average molecular weight is 391 g/mol. The lowest BCUT2D eigenvalue weighted by molar-refractivity contribution is 0.0275. The van der Waals surface area contributed by atoms with Gasteiger partial charge in [-0.25, -0.2) is 14.8 Å². The molecule has 0 spiro atoms. The molecule has 110 valence electrons. The van der Waals surface area contributed by atoms with Crippen LogP contribution in [-0.2, 0) is 4.74 Å². The maximum atomic E-state index is 11.9. The Bertz CT molecular complexity index is 473. The quantitative estimate of drug-likeness (QED) is 0.573. The van der Waals surface area contributed by atoms with E-state index in [1.54, 1.807) is 17.3 Å². The highest BCUT2D eigenvalue weighted by Gasteiger charge is 2.30. The Morgan fingerprint density at radius 3 is 2.65 bits per heavy atom. The summed E-state index contributed by atoms with van der Waals surface area (Å²) in [6, 6.07) is 0. The first-order valence-electron chi connectivity index (χ1n) is 6.45. The summed E-state index contributed by atoms with van der Waals surface area (Å²) in [5.74, 6) is 0.626. The average Bonchev–Trinajstić information content (AvgIpc) is 2.79. The van der Waals surface area contributed by atoms with Crippen LogP contribution in [0.4, 0.5) is 4.79 Å². The molecule has 2 heterocycles. The summed E-state index contributed by atoms with van der Waals surface area (Å²) in [6.45, 7) is 6.75. The number of ether oxygens (including phenoxy) is 2. The molecule has 7 heteroatoms. The van der Waals surface area contributed by atoms with Gasteiger partial charge in [-0.2, -0.15) is 0 Å². The molecule has 0 radical (unpaired) electrons. The molecular formula is C13H18IN3O3. The number of hydrogen-bond donors (Lipinski definition) is 0. The molecule has 1 aliphatic heterocycles. The number of aromatic nitrogens is 2. The van der Waals surface area contributed by atoms with Gasteiger partial charge in [0.2, 0.25) is 0 Å². The molecule has 0 aliphatic carbocycles. The molecule has 0 unspecified atom stereocenters. The van der Waals surface area contributed by atoms with Crippen LogP contribution in [0.5, 0.6) is 5.75 Å². The normalized spacial score (nSPS) is 19.0. The van der Waals surface area contributed by atoms with Crippen LogP contribution in [0.1, 0.15) is 27.2 Å². The Hall–Kier alpha value is -1.12. The summed E-state index contributed by atoms with van der Waals surface area (Å²) in [5.41, 5.74) is -0.472. The number of carbonyl (C=O) groups is 1. The number of nitrogens with zero attached hydrogens (tertiary/aromatic N) is 3. The van der Waals surface area contributed by atoms with E-state index in [0.29, 0.717) is 22.7 Å². The predicted octanol–water partition coefficient (Wildman–Crippen LogP) is 2.47. The molecule has 1 aliphatic rings. The van der Waals surface area contributed by atoms with Crippen molar-refractivity contribution in [2.24, 2.45) is 0 Å². The fourth-order valence-corrected chi connectivity index (χ4v) is 2.15. The zero-order valence-corrected chi connectivity index (χ0v) is 14.0. The minimum atomic E-state index is -0.472. The van der Waals surface area contributed by atoms with Crippen molar-refractivity contribution in [1.82, 2.24) is 14.9 Å². The second kappa shape index (κ2) is 6.11. The van der Waals surface area contributed by atoms with E-state index in [2.05, 4.69) is 9.97 Å². The van der Waals surface area contributed by atoms with Crippen LogP contribution in [-0.4, -0.2) is 45.8 Å². The van der Waals surface area contributed by atoms with E-state index in [1.807, 2.05) is 43.4 Å². The topological polar surface area (TPSA) is 64.5 Å². The third-order valence-electron chi connectivity index (χ3n) is 2.70. The first-order chi connectivity index (χ1) is 9.33. The maximum absolute atomic E-state index is 11.9. The van der Waals surface area contributed by atoms with Crippen molar-refractivity contribution in [3.05, 3.63) is 16.2 Å². The number of hydrogen-bond acceptors (Lipinski definition) is 5. The standard InChI is InChI=1S/C13H18IN3O3/c1-13(2,3)20-12(18)17-5-4-9(8-17)19-10-6-15-11(14)16-7-10/h6-7,9H,4-5,8H2,1-3H3/t9-/m0/s1. The zero-order valence-electron chi connectivity index (χ0n) is 11.8. The Kier molecular flexibility index (Phi) is 4.66. The molecule has 1 atom stereocenters. The molecule has 1 amide bonds. The smallest absolute Gasteiger partial charge is 0.410 e. The summed E-state index contributed by atoms with van der Waals surface area (Å²) in [5, 5.41) is 0. The first-order valence-corrected chi connectivity index (χ1v) is 7.53. The van der Waals surface area contributed by atoms with Crippen molar-refractivity contribution < 1.29 is 14.3 Å². The summed E-state index contributed by atoms with van der Waals surface area (Å²) in [7, 11) is 0. The van der Waals surface area contributed by atoms with Crippen LogP contribution in [0, 0.1) is 3.83 Å². The van der Waals surface area contributed by atoms with E-state index >= 15 is 0 Å². The van der Waals surface area contributed by atoms with Crippen LogP contribution >= 0.6 is 22.6 Å². The van der Waals surface area contributed by atoms with Crippen molar-refractivity contribution in [2.45, 2.75) is 38.9 Å². The summed E-state index contributed by atoms with van der Waals surface area (Å²) in [4.78, 5) is 21.7. The van der Waals surface area contributed by atoms with Crippen molar-refractivity contribution in [3.8, 4) is 5.75 Å². The Morgan fingerprint density at radius 2 is 2.05 bits per heavy atom. The minimum absolute atomic E-state index is 0.0359. The number of carbonyl (C=O) groups excluding carboxylic acids is 1. The van der Waals surface area contributed by atoms with E-state index in [1.165, 1.54) is 0 Å². The molecule has 1 aromatic rings. The van der Waals surface area contributed by atoms with Gasteiger partial charge in [0, 0.05) is 35.6 Å². The van der Waals surface area contributed by atoms with Crippen molar-refractivity contribution >= 4 is 28.7 Å². The van der Waals surface area contributed by atoms with E-state index in [-0.39, 0.29) is 12.2 Å². The molecule has 1 fully saturated rings. The fraction of sp³-hybridized carbons (Fsp3) is 0.615. The van der Waals surface area contributed by atoms with Gasteiger partial charge in [0.25, 0.3) is 0 Å². The van der Waals surface area contributed by atoms with Gasteiger partial charge in [-0.3, -0.25) is 0 Å². The molecular weight excluding hydrogens is 373 g/mol. The zero-order chi connectivity index (χ0) is 14.8. The van der Waals surface area contributed by atoms with E-state index in [9.17, 15) is 4.79 Å². The molecule has 2 rings (SSSR count). The van der Waals surface area contributed by atoms with Gasteiger partial charge in [-0.15, -0.1) is 0 Å². The van der Waals surface area contributed by atoms with Crippen LogP contribution in [0.2, 0.25) is 0 Å². The monoisotopic (exact) mass is 391 g/mol. The Balaban J connectivity index is 1.86. The minimum Gasteiger partial charge on any atom is -0.485 e. The molecule has 1 aromatic heterocycles. The van der Waals surface area contributed by atoms with E-state index < -0.39 is 5.60 Å². The molecule has 0 N–H and O–H groups in total. The molecule has 20 heavy (non-hydrogen) atoms. The first kappa shape index (κ1) is 15.3. The fourth-order valence-electron chi connectivity index (χ4n) is 1.87. The molecule has 6 nitrogen and oxygen atoms in total. The van der Waals surface area contributed by atoms with Crippen molar-refractivity contribution in [1.29, 1.82) is 0 Å². The highest BCUT2D eigenvalue weighted by atomic mass is 127. The second-order valence-electron chi connectivity index (χ2n) is 5.64. The van der Waals surface area contributed by atoms with Gasteiger partial charge in [0.15, 0.2) is 9.58 Å².